The van der Waals surface area contributed by atoms with Gasteiger partial charge in [-0.2, -0.15) is 13.2 Å². The summed E-state index contributed by atoms with van der Waals surface area (Å²) >= 11 is 0. The van der Waals surface area contributed by atoms with Crippen molar-refractivity contribution in [3.63, 3.8) is 0 Å². The number of aromatic hydroxyl groups is 1. The number of rotatable bonds is 7. The molecule has 6 nitrogen and oxygen atoms in total. The van der Waals surface area contributed by atoms with E-state index in [9.17, 15) is 27.9 Å². The molecular formula is C28H31F4N3O3. The van der Waals surface area contributed by atoms with Crippen molar-refractivity contribution in [1.29, 1.82) is 0 Å². The first kappa shape index (κ1) is 27.5. The summed E-state index contributed by atoms with van der Waals surface area (Å²) in [5.74, 6) is -1.89. The molecule has 0 bridgehead atoms. The lowest BCUT2D eigenvalue weighted by molar-refractivity contribution is -0.137. The van der Waals surface area contributed by atoms with Gasteiger partial charge in [-0.1, -0.05) is 12.6 Å². The van der Waals surface area contributed by atoms with Crippen LogP contribution in [0.1, 0.15) is 79.5 Å². The highest BCUT2D eigenvalue weighted by atomic mass is 19.4. The average molecular weight is 534 g/mol. The fourth-order valence-electron chi connectivity index (χ4n) is 5.01. The van der Waals surface area contributed by atoms with Gasteiger partial charge >= 0.3 is 6.18 Å². The Kier molecular flexibility index (Phi) is 7.20. The van der Waals surface area contributed by atoms with Crippen molar-refractivity contribution in [1.82, 2.24) is 15.5 Å². The molecule has 1 heterocycles. The standard InChI is InChI=1S/C28H31F4N3O3/c1-15-5-6-16(2)35(15)25(37)19-7-8-23(24(29)13-19)18(4)33-26(38)27(9-10-27)34-17(3)20-11-21(28(30,31)32)14-22(36)12-20/h7-8,11-16,18,34,36H,3,5-6,9-10H2,1-2,4H3,(H,33,38)/t15?,16?,18-/m1/s1. The fourth-order valence-corrected chi connectivity index (χ4v) is 5.01. The molecule has 2 aliphatic rings. The van der Waals surface area contributed by atoms with E-state index in [-0.39, 0.29) is 40.4 Å². The smallest absolute Gasteiger partial charge is 0.416 e. The topological polar surface area (TPSA) is 81.7 Å². The molecule has 1 saturated heterocycles. The molecule has 4 rings (SSSR count). The molecule has 10 heteroatoms. The van der Waals surface area contributed by atoms with Gasteiger partial charge in [-0.15, -0.1) is 0 Å². The highest BCUT2D eigenvalue weighted by Crippen LogP contribution is 2.40. The normalized spacial score (nSPS) is 21.1. The number of phenols is 1. The van der Waals surface area contributed by atoms with Gasteiger partial charge in [-0.25, -0.2) is 4.39 Å². The molecule has 2 aromatic rings. The zero-order chi connectivity index (χ0) is 28.0. The predicted molar refractivity (Wildman–Crippen MR) is 135 cm³/mol. The van der Waals surface area contributed by atoms with Crippen molar-refractivity contribution >= 4 is 17.5 Å². The predicted octanol–water partition coefficient (Wildman–Crippen LogP) is 5.53. The van der Waals surface area contributed by atoms with Crippen molar-refractivity contribution < 1.29 is 32.3 Å². The first-order valence-electron chi connectivity index (χ1n) is 12.5. The first-order chi connectivity index (χ1) is 17.7. The molecule has 2 fully saturated rings. The molecule has 204 valence electrons. The zero-order valence-electron chi connectivity index (χ0n) is 21.5. The summed E-state index contributed by atoms with van der Waals surface area (Å²) in [6.45, 7) is 9.30. The van der Waals surface area contributed by atoms with Gasteiger partial charge in [0.1, 0.15) is 17.1 Å². The number of hydrogen-bond donors (Lipinski definition) is 3. The summed E-state index contributed by atoms with van der Waals surface area (Å²) in [5.41, 5.74) is -1.65. The van der Waals surface area contributed by atoms with Crippen LogP contribution in [0.5, 0.6) is 5.75 Å². The van der Waals surface area contributed by atoms with Gasteiger partial charge < -0.3 is 20.6 Å². The molecule has 2 unspecified atom stereocenters. The number of phenolic OH excluding ortho intramolecular Hbond substituents is 1. The van der Waals surface area contributed by atoms with Gasteiger partial charge in [0.05, 0.1) is 11.6 Å². The number of halogens is 4. The van der Waals surface area contributed by atoms with Crippen LogP contribution >= 0.6 is 0 Å². The minimum absolute atomic E-state index is 0.00242. The van der Waals surface area contributed by atoms with Crippen LogP contribution in [0.15, 0.2) is 43.0 Å². The summed E-state index contributed by atoms with van der Waals surface area (Å²) in [7, 11) is 0. The van der Waals surface area contributed by atoms with E-state index in [2.05, 4.69) is 17.2 Å². The Morgan fingerprint density at radius 3 is 2.26 bits per heavy atom. The number of carbonyl (C=O) groups is 2. The van der Waals surface area contributed by atoms with E-state index in [1.807, 2.05) is 13.8 Å². The number of carbonyl (C=O) groups excluding carboxylic acids is 2. The monoisotopic (exact) mass is 533 g/mol. The van der Waals surface area contributed by atoms with Crippen molar-refractivity contribution in [2.24, 2.45) is 0 Å². The Labute approximate surface area is 218 Å². The number of benzene rings is 2. The lowest BCUT2D eigenvalue weighted by Gasteiger charge is -2.27. The SMILES string of the molecule is C=C(NC1(C(=O)N[C@H](C)c2ccc(C(=O)N3C(C)CCC3C)cc2F)CC1)c1cc(O)cc(C(F)(F)F)c1. The number of likely N-dealkylation sites (tertiary alicyclic amines) is 1. The maximum atomic E-state index is 15.0. The zero-order valence-corrected chi connectivity index (χ0v) is 21.5. The molecule has 1 aliphatic heterocycles. The fraction of sp³-hybridized carbons (Fsp3) is 0.429. The number of nitrogens with one attached hydrogen (secondary N) is 2. The van der Waals surface area contributed by atoms with Crippen molar-refractivity contribution in [3.05, 3.63) is 71.0 Å². The van der Waals surface area contributed by atoms with Crippen LogP contribution in [-0.2, 0) is 11.0 Å². The van der Waals surface area contributed by atoms with Gasteiger partial charge in [0.15, 0.2) is 0 Å². The second-order valence-corrected chi connectivity index (χ2v) is 10.4. The van der Waals surface area contributed by atoms with Gasteiger partial charge in [-0.3, -0.25) is 9.59 Å². The molecule has 1 saturated carbocycles. The van der Waals surface area contributed by atoms with Crippen LogP contribution in [0.25, 0.3) is 5.70 Å². The molecule has 38 heavy (non-hydrogen) atoms. The summed E-state index contributed by atoms with van der Waals surface area (Å²) in [6.07, 6.45) is -2.07. The van der Waals surface area contributed by atoms with Crippen molar-refractivity contribution in [3.8, 4) is 5.75 Å². The largest absolute Gasteiger partial charge is 0.508 e. The Hall–Kier alpha value is -3.56. The van der Waals surface area contributed by atoms with Gasteiger partial charge in [0.2, 0.25) is 5.91 Å². The van der Waals surface area contributed by atoms with Crippen LogP contribution in [0, 0.1) is 5.82 Å². The first-order valence-corrected chi connectivity index (χ1v) is 12.5. The molecule has 0 aromatic heterocycles. The Morgan fingerprint density at radius 2 is 1.71 bits per heavy atom. The van der Waals surface area contributed by atoms with E-state index < -0.39 is 40.8 Å². The summed E-state index contributed by atoms with van der Waals surface area (Å²) in [4.78, 5) is 27.8. The molecule has 3 atom stereocenters. The average Bonchev–Trinajstić information content (AvgIpc) is 3.54. The summed E-state index contributed by atoms with van der Waals surface area (Å²) < 4.78 is 54.4. The number of alkyl halides is 3. The Morgan fingerprint density at radius 1 is 1.08 bits per heavy atom. The number of nitrogens with zero attached hydrogens (tertiary/aromatic N) is 1. The maximum absolute atomic E-state index is 15.0. The molecule has 0 spiro atoms. The molecule has 0 radical (unpaired) electrons. The van der Waals surface area contributed by atoms with Gasteiger partial charge in [0, 0.05) is 34.5 Å². The van der Waals surface area contributed by atoms with Gasteiger partial charge in [0.25, 0.3) is 5.91 Å². The van der Waals surface area contributed by atoms with Crippen LogP contribution < -0.4 is 10.6 Å². The van der Waals surface area contributed by atoms with E-state index in [0.29, 0.717) is 18.9 Å². The van der Waals surface area contributed by atoms with E-state index in [4.69, 9.17) is 0 Å². The van der Waals surface area contributed by atoms with Gasteiger partial charge in [-0.05, 0) is 76.8 Å². The quantitative estimate of drug-likeness (QED) is 0.409. The Bertz CT molecular complexity index is 1260. The van der Waals surface area contributed by atoms with E-state index in [1.54, 1.807) is 17.9 Å². The van der Waals surface area contributed by atoms with Crippen LogP contribution in [-0.4, -0.2) is 39.4 Å². The molecule has 1 aliphatic carbocycles. The van der Waals surface area contributed by atoms with E-state index in [1.165, 1.54) is 12.1 Å². The van der Waals surface area contributed by atoms with Crippen LogP contribution in [0.4, 0.5) is 17.6 Å². The molecule has 2 amide bonds. The lowest BCUT2D eigenvalue weighted by Crippen LogP contribution is -2.46. The lowest BCUT2D eigenvalue weighted by atomic mass is 10.0. The highest BCUT2D eigenvalue weighted by Gasteiger charge is 2.50. The maximum Gasteiger partial charge on any atom is 0.416 e. The third-order valence-electron chi connectivity index (χ3n) is 7.42. The summed E-state index contributed by atoms with van der Waals surface area (Å²) in [5, 5.41) is 15.4. The second-order valence-electron chi connectivity index (χ2n) is 10.4. The van der Waals surface area contributed by atoms with Crippen LogP contribution in [0.3, 0.4) is 0 Å². The molecule has 2 aromatic carbocycles. The van der Waals surface area contributed by atoms with E-state index >= 15 is 4.39 Å². The number of hydrogen-bond acceptors (Lipinski definition) is 4. The Balaban J connectivity index is 1.44. The second kappa shape index (κ2) is 9.96. The van der Waals surface area contributed by atoms with Crippen molar-refractivity contribution in [2.75, 3.05) is 0 Å². The minimum atomic E-state index is -4.66. The molecular weight excluding hydrogens is 502 g/mol. The third-order valence-corrected chi connectivity index (χ3v) is 7.42. The minimum Gasteiger partial charge on any atom is -0.508 e. The molecule has 3 N–H and O–H groups in total. The van der Waals surface area contributed by atoms with Crippen LogP contribution in [0.2, 0.25) is 0 Å². The van der Waals surface area contributed by atoms with E-state index in [0.717, 1.165) is 25.0 Å². The summed E-state index contributed by atoms with van der Waals surface area (Å²) in [6, 6.07) is 6.22. The number of amides is 2. The third kappa shape index (κ3) is 5.49. The highest BCUT2D eigenvalue weighted by molar-refractivity contribution is 5.95. The van der Waals surface area contributed by atoms with Crippen molar-refractivity contribution in [2.45, 2.75) is 76.3 Å².